The largest absolute Gasteiger partial charge is 0.479 e. The molecule has 4 N–H and O–H groups in total. The highest BCUT2D eigenvalue weighted by atomic mass is 16.4. The summed E-state index contributed by atoms with van der Waals surface area (Å²) < 4.78 is 0. The van der Waals surface area contributed by atoms with Gasteiger partial charge in [-0.05, 0) is 19.1 Å². The summed E-state index contributed by atoms with van der Waals surface area (Å²) in [4.78, 5) is 35.6. The fourth-order valence-electron chi connectivity index (χ4n) is 1.12. The average Bonchev–Trinajstić information content (AvgIpc) is 2.25. The molecule has 1 atom stereocenters. The Morgan fingerprint density at radius 2 is 2.12 bits per heavy atom. The lowest BCUT2D eigenvalue weighted by Gasteiger charge is -2.07. The van der Waals surface area contributed by atoms with Gasteiger partial charge in [-0.3, -0.25) is 9.59 Å². The van der Waals surface area contributed by atoms with Crippen LogP contribution in [-0.4, -0.2) is 39.7 Å². The normalized spacial score (nSPS) is 11.9. The Labute approximate surface area is 96.1 Å². The standard InChI is InChI=1S/C10H12N2O5/c1-5-2-3-6(9(15)12-5)8(14)11-4-7(13)10(16)17/h2-3,7,13H,4H2,1H3,(H,11,14)(H,12,15)(H,16,17)/t7-/m0/s1. The number of carbonyl (C=O) groups is 2. The molecule has 1 aromatic heterocycles. The molecule has 0 unspecified atom stereocenters. The topological polar surface area (TPSA) is 119 Å². The minimum atomic E-state index is -1.69. The number of aromatic amines is 1. The Hall–Kier alpha value is -2.15. The SMILES string of the molecule is Cc1ccc(C(=O)NC[C@H](O)C(=O)O)c(=O)[nH]1. The number of aliphatic hydroxyl groups is 1. The third kappa shape index (κ3) is 3.42. The van der Waals surface area contributed by atoms with Crippen LogP contribution in [0.5, 0.6) is 0 Å². The number of hydrogen-bond acceptors (Lipinski definition) is 4. The average molecular weight is 240 g/mol. The maximum absolute atomic E-state index is 11.5. The molecule has 1 heterocycles. The van der Waals surface area contributed by atoms with Gasteiger partial charge in [0.2, 0.25) is 0 Å². The van der Waals surface area contributed by atoms with Gasteiger partial charge in [0.1, 0.15) is 5.56 Å². The van der Waals surface area contributed by atoms with E-state index in [4.69, 9.17) is 10.2 Å². The zero-order valence-corrected chi connectivity index (χ0v) is 9.06. The highest BCUT2D eigenvalue weighted by Crippen LogP contribution is 1.93. The van der Waals surface area contributed by atoms with Gasteiger partial charge in [0, 0.05) is 5.69 Å². The number of aliphatic hydroxyl groups excluding tert-OH is 1. The molecule has 0 aliphatic rings. The molecule has 1 aromatic rings. The first-order valence-electron chi connectivity index (χ1n) is 4.81. The van der Waals surface area contributed by atoms with Crippen LogP contribution in [0.3, 0.4) is 0 Å². The van der Waals surface area contributed by atoms with E-state index in [1.807, 2.05) is 0 Å². The predicted molar refractivity (Wildman–Crippen MR) is 57.8 cm³/mol. The van der Waals surface area contributed by atoms with Gasteiger partial charge in [-0.1, -0.05) is 0 Å². The summed E-state index contributed by atoms with van der Waals surface area (Å²) in [6.07, 6.45) is -1.69. The van der Waals surface area contributed by atoms with Gasteiger partial charge in [-0.15, -0.1) is 0 Å². The lowest BCUT2D eigenvalue weighted by atomic mass is 10.2. The number of hydrogen-bond donors (Lipinski definition) is 4. The number of aliphatic carboxylic acids is 1. The highest BCUT2D eigenvalue weighted by molar-refractivity contribution is 5.94. The Morgan fingerprint density at radius 3 is 2.65 bits per heavy atom. The lowest BCUT2D eigenvalue weighted by Crippen LogP contribution is -2.38. The van der Waals surface area contributed by atoms with Crippen molar-refractivity contribution in [2.75, 3.05) is 6.54 Å². The monoisotopic (exact) mass is 240 g/mol. The number of rotatable bonds is 4. The molecular formula is C10H12N2O5. The van der Waals surface area contributed by atoms with E-state index in [9.17, 15) is 14.4 Å². The molecule has 0 aliphatic carbocycles. The van der Waals surface area contributed by atoms with Crippen molar-refractivity contribution in [3.05, 3.63) is 33.7 Å². The lowest BCUT2D eigenvalue weighted by molar-refractivity contribution is -0.146. The molecule has 0 bridgehead atoms. The van der Waals surface area contributed by atoms with Crippen molar-refractivity contribution in [3.8, 4) is 0 Å². The summed E-state index contributed by atoms with van der Waals surface area (Å²) in [5.74, 6) is -2.17. The Bertz CT molecular complexity index is 494. The molecule has 0 aliphatic heterocycles. The smallest absolute Gasteiger partial charge is 0.334 e. The van der Waals surface area contributed by atoms with Crippen molar-refractivity contribution in [2.45, 2.75) is 13.0 Å². The van der Waals surface area contributed by atoms with Crippen molar-refractivity contribution in [2.24, 2.45) is 0 Å². The van der Waals surface area contributed by atoms with Crippen LogP contribution < -0.4 is 10.9 Å². The van der Waals surface area contributed by atoms with Gasteiger partial charge in [0.05, 0.1) is 6.54 Å². The minimum absolute atomic E-state index is 0.131. The third-order valence-electron chi connectivity index (χ3n) is 2.04. The number of aromatic nitrogens is 1. The highest BCUT2D eigenvalue weighted by Gasteiger charge is 2.16. The first-order chi connectivity index (χ1) is 7.91. The van der Waals surface area contributed by atoms with Gasteiger partial charge >= 0.3 is 5.97 Å². The van der Waals surface area contributed by atoms with Gasteiger partial charge < -0.3 is 20.5 Å². The summed E-state index contributed by atoms with van der Waals surface area (Å²) in [6.45, 7) is 1.21. The zero-order valence-electron chi connectivity index (χ0n) is 9.06. The molecule has 7 nitrogen and oxygen atoms in total. The van der Waals surface area contributed by atoms with E-state index in [-0.39, 0.29) is 5.56 Å². The van der Waals surface area contributed by atoms with E-state index < -0.39 is 30.1 Å². The molecule has 0 saturated carbocycles. The first-order valence-corrected chi connectivity index (χ1v) is 4.81. The van der Waals surface area contributed by atoms with Crippen LogP contribution in [0, 0.1) is 6.92 Å². The number of carboxylic acid groups (broad SMARTS) is 1. The van der Waals surface area contributed by atoms with E-state index in [2.05, 4.69) is 10.3 Å². The van der Waals surface area contributed by atoms with Crippen molar-refractivity contribution in [3.63, 3.8) is 0 Å². The molecule has 0 fully saturated rings. The second-order valence-electron chi connectivity index (χ2n) is 3.45. The number of H-pyrrole nitrogens is 1. The quantitative estimate of drug-likeness (QED) is 0.530. The summed E-state index contributed by atoms with van der Waals surface area (Å²) in [6, 6.07) is 2.88. The van der Waals surface area contributed by atoms with Crippen LogP contribution in [-0.2, 0) is 4.79 Å². The second-order valence-corrected chi connectivity index (χ2v) is 3.45. The predicted octanol–water partition coefficient (Wildman–Crippen LogP) is -1.14. The van der Waals surface area contributed by atoms with E-state index in [1.165, 1.54) is 6.07 Å². The Balaban J connectivity index is 2.71. The zero-order chi connectivity index (χ0) is 13.0. The van der Waals surface area contributed by atoms with Crippen molar-refractivity contribution in [1.82, 2.24) is 10.3 Å². The van der Waals surface area contributed by atoms with Crippen LogP contribution in [0.25, 0.3) is 0 Å². The number of amides is 1. The maximum atomic E-state index is 11.5. The molecule has 7 heteroatoms. The van der Waals surface area contributed by atoms with E-state index >= 15 is 0 Å². The number of nitrogens with one attached hydrogen (secondary N) is 2. The van der Waals surface area contributed by atoms with Crippen LogP contribution in [0.15, 0.2) is 16.9 Å². The van der Waals surface area contributed by atoms with Crippen LogP contribution in [0.1, 0.15) is 16.1 Å². The molecule has 17 heavy (non-hydrogen) atoms. The van der Waals surface area contributed by atoms with Gasteiger partial charge in [-0.25, -0.2) is 4.79 Å². The molecule has 92 valence electrons. The van der Waals surface area contributed by atoms with Crippen LogP contribution >= 0.6 is 0 Å². The second kappa shape index (κ2) is 5.26. The molecule has 0 aromatic carbocycles. The van der Waals surface area contributed by atoms with Gasteiger partial charge in [0.25, 0.3) is 11.5 Å². The number of carboxylic acids is 1. The van der Waals surface area contributed by atoms with E-state index in [0.717, 1.165) is 0 Å². The van der Waals surface area contributed by atoms with Crippen LogP contribution in [0.4, 0.5) is 0 Å². The van der Waals surface area contributed by atoms with Gasteiger partial charge in [0.15, 0.2) is 6.10 Å². The van der Waals surface area contributed by atoms with Gasteiger partial charge in [-0.2, -0.15) is 0 Å². The molecule has 0 spiro atoms. The third-order valence-corrected chi connectivity index (χ3v) is 2.04. The summed E-state index contributed by atoms with van der Waals surface area (Å²) in [5, 5.41) is 19.5. The summed E-state index contributed by atoms with van der Waals surface area (Å²) in [5.41, 5.74) is -0.0855. The number of aryl methyl sites for hydroxylation is 1. The van der Waals surface area contributed by atoms with Crippen molar-refractivity contribution >= 4 is 11.9 Å². The molecule has 0 saturated heterocycles. The minimum Gasteiger partial charge on any atom is -0.479 e. The molecule has 1 amide bonds. The Morgan fingerprint density at radius 1 is 1.47 bits per heavy atom. The fourth-order valence-corrected chi connectivity index (χ4v) is 1.12. The molecular weight excluding hydrogens is 228 g/mol. The molecule has 0 radical (unpaired) electrons. The fraction of sp³-hybridized carbons (Fsp3) is 0.300. The Kier molecular flexibility index (Phi) is 4.00. The summed E-state index contributed by atoms with van der Waals surface area (Å²) >= 11 is 0. The van der Waals surface area contributed by atoms with E-state index in [0.29, 0.717) is 5.69 Å². The summed E-state index contributed by atoms with van der Waals surface area (Å²) in [7, 11) is 0. The van der Waals surface area contributed by atoms with Crippen molar-refractivity contribution in [1.29, 1.82) is 0 Å². The van der Waals surface area contributed by atoms with Crippen molar-refractivity contribution < 1.29 is 19.8 Å². The number of carbonyl (C=O) groups excluding carboxylic acids is 1. The van der Waals surface area contributed by atoms with Crippen LogP contribution in [0.2, 0.25) is 0 Å². The maximum Gasteiger partial charge on any atom is 0.334 e. The van der Waals surface area contributed by atoms with E-state index in [1.54, 1.807) is 13.0 Å². The number of pyridine rings is 1. The molecule has 1 rings (SSSR count). The first kappa shape index (κ1) is 12.9.